The summed E-state index contributed by atoms with van der Waals surface area (Å²) in [7, 11) is 0. The third kappa shape index (κ3) is 3.32. The third-order valence-corrected chi connectivity index (χ3v) is 2.92. The van der Waals surface area contributed by atoms with E-state index in [0.29, 0.717) is 0 Å². The molecule has 0 N–H and O–H groups in total. The molecule has 0 saturated heterocycles. The van der Waals surface area contributed by atoms with Gasteiger partial charge in [0.05, 0.1) is 11.4 Å². The van der Waals surface area contributed by atoms with E-state index in [9.17, 15) is 0 Å². The van der Waals surface area contributed by atoms with Crippen molar-refractivity contribution in [3.05, 3.63) is 11.4 Å². The van der Waals surface area contributed by atoms with E-state index in [4.69, 9.17) is 0 Å². The van der Waals surface area contributed by atoms with Crippen LogP contribution in [0.3, 0.4) is 0 Å². The van der Waals surface area contributed by atoms with Crippen molar-refractivity contribution < 1.29 is 0 Å². The molecule has 0 fully saturated rings. The highest BCUT2D eigenvalue weighted by molar-refractivity contribution is 5.16. The van der Waals surface area contributed by atoms with Crippen LogP contribution in [-0.2, 0) is 12.0 Å². The molecule has 0 saturated carbocycles. The lowest BCUT2D eigenvalue weighted by Gasteiger charge is -2.15. The fourth-order valence-electron chi connectivity index (χ4n) is 1.95. The standard InChI is InChI=1S/C13H25N3/c1-6-7-8-9-10-16-11(2)12(14-15-16)13(3,4)5/h6-10H2,1-5H3. The molecule has 92 valence electrons. The Morgan fingerprint density at radius 2 is 1.81 bits per heavy atom. The molecule has 0 bridgehead atoms. The van der Waals surface area contributed by atoms with Gasteiger partial charge in [0.1, 0.15) is 0 Å². The molecule has 0 radical (unpaired) electrons. The third-order valence-electron chi connectivity index (χ3n) is 2.92. The number of hydrogen-bond acceptors (Lipinski definition) is 2. The highest BCUT2D eigenvalue weighted by atomic mass is 15.4. The van der Waals surface area contributed by atoms with Gasteiger partial charge in [0, 0.05) is 12.0 Å². The SMILES string of the molecule is CCCCCCn1nnc(C(C)(C)C)c1C. The van der Waals surface area contributed by atoms with Gasteiger partial charge in [-0.05, 0) is 13.3 Å². The monoisotopic (exact) mass is 223 g/mol. The smallest absolute Gasteiger partial charge is 0.0909 e. The van der Waals surface area contributed by atoms with Crippen LogP contribution in [0.15, 0.2) is 0 Å². The topological polar surface area (TPSA) is 30.7 Å². The van der Waals surface area contributed by atoms with Gasteiger partial charge in [0.25, 0.3) is 0 Å². The normalized spacial score (nSPS) is 12.1. The van der Waals surface area contributed by atoms with Gasteiger partial charge in [0.2, 0.25) is 0 Å². The minimum absolute atomic E-state index is 0.103. The summed E-state index contributed by atoms with van der Waals surface area (Å²) in [6.45, 7) is 11.9. The van der Waals surface area contributed by atoms with E-state index in [1.165, 1.54) is 31.4 Å². The molecule has 3 heteroatoms. The number of unbranched alkanes of at least 4 members (excludes halogenated alkanes) is 3. The molecule has 1 aromatic heterocycles. The second-order valence-corrected chi connectivity index (χ2v) is 5.56. The first-order chi connectivity index (χ1) is 7.46. The maximum atomic E-state index is 4.30. The molecule has 0 aliphatic carbocycles. The zero-order valence-electron chi connectivity index (χ0n) is 11.4. The Kier molecular flexibility index (Phi) is 4.51. The zero-order chi connectivity index (χ0) is 12.2. The van der Waals surface area contributed by atoms with Crippen LogP contribution in [0.1, 0.15) is 64.8 Å². The largest absolute Gasteiger partial charge is 0.249 e. The summed E-state index contributed by atoms with van der Waals surface area (Å²) < 4.78 is 2.05. The Balaban J connectivity index is 2.59. The number of aryl methyl sites for hydroxylation is 1. The first-order valence-electron chi connectivity index (χ1n) is 6.37. The van der Waals surface area contributed by atoms with E-state index >= 15 is 0 Å². The average molecular weight is 223 g/mol. The summed E-state index contributed by atoms with van der Waals surface area (Å²) in [5.41, 5.74) is 2.46. The van der Waals surface area contributed by atoms with Crippen LogP contribution in [-0.4, -0.2) is 15.0 Å². The van der Waals surface area contributed by atoms with E-state index in [1.807, 2.05) is 0 Å². The first kappa shape index (κ1) is 13.2. The molecule has 0 spiro atoms. The van der Waals surface area contributed by atoms with Crippen molar-refractivity contribution in [1.29, 1.82) is 0 Å². The van der Waals surface area contributed by atoms with Crippen LogP contribution in [0, 0.1) is 6.92 Å². The predicted molar refractivity (Wildman–Crippen MR) is 67.6 cm³/mol. The molecule has 1 rings (SSSR count). The van der Waals surface area contributed by atoms with E-state index < -0.39 is 0 Å². The number of hydrogen-bond donors (Lipinski definition) is 0. The summed E-state index contributed by atoms with van der Waals surface area (Å²) in [5, 5.41) is 8.55. The molecule has 0 aromatic carbocycles. The molecule has 16 heavy (non-hydrogen) atoms. The fourth-order valence-corrected chi connectivity index (χ4v) is 1.95. The fraction of sp³-hybridized carbons (Fsp3) is 0.846. The maximum Gasteiger partial charge on any atom is 0.0909 e. The minimum Gasteiger partial charge on any atom is -0.249 e. The lowest BCUT2D eigenvalue weighted by Crippen LogP contribution is -2.14. The van der Waals surface area contributed by atoms with Gasteiger partial charge in [-0.15, -0.1) is 5.10 Å². The van der Waals surface area contributed by atoms with Crippen molar-refractivity contribution in [2.75, 3.05) is 0 Å². The molecular weight excluding hydrogens is 198 g/mol. The molecular formula is C13H25N3. The van der Waals surface area contributed by atoms with Crippen LogP contribution in [0.2, 0.25) is 0 Å². The van der Waals surface area contributed by atoms with Crippen LogP contribution in [0.5, 0.6) is 0 Å². The van der Waals surface area contributed by atoms with Gasteiger partial charge < -0.3 is 0 Å². The first-order valence-corrected chi connectivity index (χ1v) is 6.37. The Morgan fingerprint density at radius 1 is 1.12 bits per heavy atom. The molecule has 0 aliphatic rings. The number of nitrogens with zero attached hydrogens (tertiary/aromatic N) is 3. The predicted octanol–water partition coefficient (Wildman–Crippen LogP) is 3.46. The Bertz CT molecular complexity index is 320. The van der Waals surface area contributed by atoms with Gasteiger partial charge in [-0.25, -0.2) is 4.68 Å². The second-order valence-electron chi connectivity index (χ2n) is 5.56. The average Bonchev–Trinajstić information content (AvgIpc) is 2.54. The highest BCUT2D eigenvalue weighted by Crippen LogP contribution is 2.22. The van der Waals surface area contributed by atoms with Crippen molar-refractivity contribution in [3.63, 3.8) is 0 Å². The van der Waals surface area contributed by atoms with Crippen molar-refractivity contribution in [3.8, 4) is 0 Å². The lowest BCUT2D eigenvalue weighted by molar-refractivity contribution is 0.518. The summed E-state index contributed by atoms with van der Waals surface area (Å²) in [4.78, 5) is 0. The molecule has 0 unspecified atom stereocenters. The molecule has 3 nitrogen and oxygen atoms in total. The molecule has 1 heterocycles. The summed E-state index contributed by atoms with van der Waals surface area (Å²) in [6, 6.07) is 0. The quantitative estimate of drug-likeness (QED) is 0.716. The van der Waals surface area contributed by atoms with E-state index in [1.54, 1.807) is 0 Å². The zero-order valence-corrected chi connectivity index (χ0v) is 11.4. The van der Waals surface area contributed by atoms with Crippen molar-refractivity contribution >= 4 is 0 Å². The second kappa shape index (κ2) is 5.46. The molecule has 0 amide bonds. The van der Waals surface area contributed by atoms with Crippen LogP contribution in [0.4, 0.5) is 0 Å². The van der Waals surface area contributed by atoms with Crippen LogP contribution < -0.4 is 0 Å². The van der Waals surface area contributed by atoms with E-state index in [2.05, 4.69) is 49.6 Å². The summed E-state index contributed by atoms with van der Waals surface area (Å²) in [6.07, 6.45) is 5.10. The van der Waals surface area contributed by atoms with Crippen LogP contribution >= 0.6 is 0 Å². The van der Waals surface area contributed by atoms with Crippen LogP contribution in [0.25, 0.3) is 0 Å². The lowest BCUT2D eigenvalue weighted by atomic mass is 9.91. The van der Waals surface area contributed by atoms with E-state index in [0.717, 1.165) is 12.2 Å². The van der Waals surface area contributed by atoms with Gasteiger partial charge >= 0.3 is 0 Å². The van der Waals surface area contributed by atoms with Crippen molar-refractivity contribution in [2.45, 2.75) is 72.3 Å². The van der Waals surface area contributed by atoms with Gasteiger partial charge in [0.15, 0.2) is 0 Å². The van der Waals surface area contributed by atoms with E-state index in [-0.39, 0.29) is 5.41 Å². The van der Waals surface area contributed by atoms with Crippen molar-refractivity contribution in [2.24, 2.45) is 0 Å². The number of rotatable bonds is 5. The number of aromatic nitrogens is 3. The Labute approximate surface area is 99.2 Å². The Hall–Kier alpha value is -0.860. The highest BCUT2D eigenvalue weighted by Gasteiger charge is 2.21. The maximum absolute atomic E-state index is 4.30. The molecule has 0 aliphatic heterocycles. The molecule has 0 atom stereocenters. The summed E-state index contributed by atoms with van der Waals surface area (Å²) in [5.74, 6) is 0. The van der Waals surface area contributed by atoms with Gasteiger partial charge in [-0.1, -0.05) is 52.2 Å². The van der Waals surface area contributed by atoms with Crippen molar-refractivity contribution in [1.82, 2.24) is 15.0 Å². The minimum atomic E-state index is 0.103. The summed E-state index contributed by atoms with van der Waals surface area (Å²) >= 11 is 0. The molecule has 1 aromatic rings. The Morgan fingerprint density at radius 3 is 2.31 bits per heavy atom. The van der Waals surface area contributed by atoms with Gasteiger partial charge in [-0.3, -0.25) is 0 Å². The van der Waals surface area contributed by atoms with Gasteiger partial charge in [-0.2, -0.15) is 0 Å².